The zero-order chi connectivity index (χ0) is 23.1. The molecule has 0 atom stereocenters. The van der Waals surface area contributed by atoms with Crippen molar-refractivity contribution in [3.63, 3.8) is 0 Å². The topological polar surface area (TPSA) is 54.3 Å². The Balaban J connectivity index is 1.55. The number of hydrogen-bond donors (Lipinski definition) is 1. The van der Waals surface area contributed by atoms with E-state index in [0.717, 1.165) is 33.3 Å². The number of aryl methyl sites for hydroxylation is 2. The SMILES string of the molecule is Cc1ccc(N2C(=O)/C(=C/c3cccn3-c3ccc4ccccc4c3)C(=O)NC2=S)cc1C. The summed E-state index contributed by atoms with van der Waals surface area (Å²) in [6.07, 6.45) is 3.52. The summed E-state index contributed by atoms with van der Waals surface area (Å²) >= 11 is 5.33. The number of anilines is 1. The van der Waals surface area contributed by atoms with E-state index in [1.807, 2.05) is 73.1 Å². The van der Waals surface area contributed by atoms with Crippen LogP contribution in [0.25, 0.3) is 22.5 Å². The molecule has 0 bridgehead atoms. The summed E-state index contributed by atoms with van der Waals surface area (Å²) in [6, 6.07) is 23.7. The van der Waals surface area contributed by atoms with Gasteiger partial charge in [-0.15, -0.1) is 0 Å². The van der Waals surface area contributed by atoms with Gasteiger partial charge < -0.3 is 4.57 Å². The van der Waals surface area contributed by atoms with Gasteiger partial charge in [0.05, 0.1) is 5.69 Å². The van der Waals surface area contributed by atoms with Crippen LogP contribution in [0.15, 0.2) is 84.6 Å². The van der Waals surface area contributed by atoms with Crippen molar-refractivity contribution < 1.29 is 9.59 Å². The van der Waals surface area contributed by atoms with Gasteiger partial charge in [0.25, 0.3) is 11.8 Å². The number of amides is 2. The maximum Gasteiger partial charge on any atom is 0.270 e. The molecule has 1 aliphatic heterocycles. The fraction of sp³-hybridized carbons (Fsp3) is 0.0741. The number of thiocarbonyl (C=S) groups is 1. The monoisotopic (exact) mass is 451 g/mol. The highest BCUT2D eigenvalue weighted by molar-refractivity contribution is 7.80. The first-order valence-corrected chi connectivity index (χ1v) is 11.0. The van der Waals surface area contributed by atoms with E-state index in [0.29, 0.717) is 5.69 Å². The van der Waals surface area contributed by atoms with E-state index < -0.39 is 11.8 Å². The van der Waals surface area contributed by atoms with E-state index in [1.54, 1.807) is 6.08 Å². The van der Waals surface area contributed by atoms with Crippen LogP contribution in [-0.2, 0) is 9.59 Å². The summed E-state index contributed by atoms with van der Waals surface area (Å²) < 4.78 is 1.95. The molecular weight excluding hydrogens is 430 g/mol. The van der Waals surface area contributed by atoms with Crippen LogP contribution < -0.4 is 10.2 Å². The van der Waals surface area contributed by atoms with E-state index in [4.69, 9.17) is 12.2 Å². The number of carbonyl (C=O) groups is 2. The fourth-order valence-electron chi connectivity index (χ4n) is 3.98. The predicted molar refractivity (Wildman–Crippen MR) is 135 cm³/mol. The summed E-state index contributed by atoms with van der Waals surface area (Å²) in [7, 11) is 0. The van der Waals surface area contributed by atoms with E-state index in [1.165, 1.54) is 4.90 Å². The molecular formula is C27H21N3O2S. The lowest BCUT2D eigenvalue weighted by atomic mass is 10.1. The minimum atomic E-state index is -0.503. The number of fused-ring (bicyclic) bond motifs is 1. The molecule has 5 rings (SSSR count). The quantitative estimate of drug-likeness (QED) is 0.269. The number of nitrogens with one attached hydrogen (secondary N) is 1. The Morgan fingerprint density at radius 2 is 1.58 bits per heavy atom. The fourth-order valence-corrected chi connectivity index (χ4v) is 4.26. The molecule has 0 unspecified atom stereocenters. The van der Waals surface area contributed by atoms with Gasteiger partial charge in [0.15, 0.2) is 5.11 Å². The van der Waals surface area contributed by atoms with Crippen molar-refractivity contribution in [1.82, 2.24) is 9.88 Å². The Morgan fingerprint density at radius 1 is 0.818 bits per heavy atom. The lowest BCUT2D eigenvalue weighted by Crippen LogP contribution is -2.54. The van der Waals surface area contributed by atoms with Crippen molar-refractivity contribution >= 4 is 51.7 Å². The first kappa shape index (κ1) is 20.8. The first-order chi connectivity index (χ1) is 15.9. The number of aromatic nitrogens is 1. The standard InChI is InChI=1S/C27H21N3O2S/c1-17-9-11-23(14-18(17)2)30-26(32)24(25(31)28-27(30)33)16-21-8-5-13-29(21)22-12-10-19-6-3-4-7-20(19)15-22/h3-16H,1-2H3,(H,28,31,33)/b24-16+. The molecule has 0 spiro atoms. The van der Waals surface area contributed by atoms with Gasteiger partial charge in [0.2, 0.25) is 0 Å². The largest absolute Gasteiger partial charge is 0.317 e. The summed E-state index contributed by atoms with van der Waals surface area (Å²) in [4.78, 5) is 27.5. The summed E-state index contributed by atoms with van der Waals surface area (Å²) in [5.74, 6) is -0.949. The molecule has 1 saturated heterocycles. The molecule has 0 radical (unpaired) electrons. The van der Waals surface area contributed by atoms with Gasteiger partial charge in [-0.2, -0.15) is 0 Å². The van der Waals surface area contributed by atoms with Crippen LogP contribution in [0.2, 0.25) is 0 Å². The van der Waals surface area contributed by atoms with Gasteiger partial charge >= 0.3 is 0 Å². The third-order valence-electron chi connectivity index (χ3n) is 5.93. The van der Waals surface area contributed by atoms with Crippen molar-refractivity contribution in [1.29, 1.82) is 0 Å². The highest BCUT2D eigenvalue weighted by Gasteiger charge is 2.34. The van der Waals surface area contributed by atoms with E-state index in [2.05, 4.69) is 29.6 Å². The Morgan fingerprint density at radius 3 is 2.36 bits per heavy atom. The highest BCUT2D eigenvalue weighted by atomic mass is 32.1. The van der Waals surface area contributed by atoms with Gasteiger partial charge in [-0.25, -0.2) is 0 Å². The van der Waals surface area contributed by atoms with Crippen molar-refractivity contribution in [3.8, 4) is 5.69 Å². The smallest absolute Gasteiger partial charge is 0.270 e. The number of benzene rings is 3. The average Bonchev–Trinajstić information content (AvgIpc) is 3.27. The lowest BCUT2D eigenvalue weighted by molar-refractivity contribution is -0.122. The van der Waals surface area contributed by atoms with Gasteiger partial charge in [-0.1, -0.05) is 36.4 Å². The maximum absolute atomic E-state index is 13.4. The van der Waals surface area contributed by atoms with E-state index >= 15 is 0 Å². The Kier molecular flexibility index (Phi) is 5.15. The first-order valence-electron chi connectivity index (χ1n) is 10.6. The molecule has 6 heteroatoms. The highest BCUT2D eigenvalue weighted by Crippen LogP contribution is 2.26. The Bertz CT molecular complexity index is 1480. The average molecular weight is 452 g/mol. The third kappa shape index (κ3) is 3.75. The molecule has 1 N–H and O–H groups in total. The zero-order valence-electron chi connectivity index (χ0n) is 18.2. The number of nitrogens with zero attached hydrogens (tertiary/aromatic N) is 2. The number of hydrogen-bond acceptors (Lipinski definition) is 3. The van der Waals surface area contributed by atoms with Gasteiger partial charge in [-0.05, 0) is 90.4 Å². The molecule has 4 aromatic rings. The third-order valence-corrected chi connectivity index (χ3v) is 6.22. The van der Waals surface area contributed by atoms with Crippen molar-refractivity contribution in [3.05, 3.63) is 101 Å². The molecule has 162 valence electrons. The molecule has 1 aliphatic rings. The molecule has 0 aliphatic carbocycles. The van der Waals surface area contributed by atoms with Crippen LogP contribution in [0.4, 0.5) is 5.69 Å². The van der Waals surface area contributed by atoms with Gasteiger partial charge in [-0.3, -0.25) is 19.8 Å². The van der Waals surface area contributed by atoms with Crippen molar-refractivity contribution in [2.24, 2.45) is 0 Å². The van der Waals surface area contributed by atoms with Crippen molar-refractivity contribution in [2.75, 3.05) is 4.90 Å². The summed E-state index contributed by atoms with van der Waals surface area (Å²) in [5.41, 5.74) is 4.47. The Hall–Kier alpha value is -4.03. The normalized spacial score (nSPS) is 15.4. The number of rotatable bonds is 3. The molecule has 5 nitrogen and oxygen atoms in total. The van der Waals surface area contributed by atoms with E-state index in [-0.39, 0.29) is 10.7 Å². The van der Waals surface area contributed by atoms with Crippen LogP contribution in [0.3, 0.4) is 0 Å². The second-order valence-electron chi connectivity index (χ2n) is 8.06. The molecule has 2 heterocycles. The van der Waals surface area contributed by atoms with Crippen LogP contribution in [0.5, 0.6) is 0 Å². The molecule has 1 fully saturated rings. The lowest BCUT2D eigenvalue weighted by Gasteiger charge is -2.29. The summed E-state index contributed by atoms with van der Waals surface area (Å²) in [5, 5.41) is 4.99. The molecule has 33 heavy (non-hydrogen) atoms. The Labute approximate surface area is 196 Å². The second kappa shape index (κ2) is 8.15. The molecule has 0 saturated carbocycles. The number of carbonyl (C=O) groups excluding carboxylic acids is 2. The summed E-state index contributed by atoms with van der Waals surface area (Å²) in [6.45, 7) is 3.98. The van der Waals surface area contributed by atoms with Crippen molar-refractivity contribution in [2.45, 2.75) is 13.8 Å². The van der Waals surface area contributed by atoms with Crippen LogP contribution in [0.1, 0.15) is 16.8 Å². The predicted octanol–water partition coefficient (Wildman–Crippen LogP) is 5.08. The second-order valence-corrected chi connectivity index (χ2v) is 8.45. The van der Waals surface area contributed by atoms with Crippen LogP contribution in [-0.4, -0.2) is 21.5 Å². The van der Waals surface area contributed by atoms with Crippen LogP contribution in [0, 0.1) is 13.8 Å². The van der Waals surface area contributed by atoms with Crippen LogP contribution >= 0.6 is 12.2 Å². The molecule has 2 amide bonds. The molecule has 1 aromatic heterocycles. The van der Waals surface area contributed by atoms with Gasteiger partial charge in [0, 0.05) is 17.6 Å². The zero-order valence-corrected chi connectivity index (χ0v) is 19.0. The minimum Gasteiger partial charge on any atom is -0.317 e. The minimum absolute atomic E-state index is 0.0302. The van der Waals surface area contributed by atoms with Gasteiger partial charge in [0.1, 0.15) is 5.57 Å². The molecule has 3 aromatic carbocycles. The van der Waals surface area contributed by atoms with E-state index in [9.17, 15) is 9.59 Å². The maximum atomic E-state index is 13.4.